The Labute approximate surface area is 118 Å². The maximum atomic E-state index is 13.1. The van der Waals surface area contributed by atoms with E-state index in [0.29, 0.717) is 24.0 Å². The van der Waals surface area contributed by atoms with Crippen molar-refractivity contribution in [3.8, 4) is 0 Å². The van der Waals surface area contributed by atoms with Gasteiger partial charge in [-0.05, 0) is 32.2 Å². The van der Waals surface area contributed by atoms with Crippen LogP contribution in [-0.4, -0.2) is 55.0 Å². The van der Waals surface area contributed by atoms with Crippen molar-refractivity contribution in [2.75, 3.05) is 44.3 Å². The molecule has 0 bridgehead atoms. The second-order valence-corrected chi connectivity index (χ2v) is 5.34. The summed E-state index contributed by atoms with van der Waals surface area (Å²) in [4.78, 5) is 16.3. The Bertz CT molecular complexity index is 494. The molecule has 1 unspecified atom stereocenters. The zero-order valence-electron chi connectivity index (χ0n) is 11.9. The highest BCUT2D eigenvalue weighted by Gasteiger charge is 2.22. The molecule has 1 saturated heterocycles. The van der Waals surface area contributed by atoms with Crippen LogP contribution in [0.15, 0.2) is 18.2 Å². The number of hydrogen-bond donors (Lipinski definition) is 2. The molecular weight excluding hydrogens is 259 g/mol. The number of likely N-dealkylation sites (N-methyl/N-ethyl adjacent to an activating group) is 1. The molecule has 1 aromatic rings. The van der Waals surface area contributed by atoms with Crippen LogP contribution in [0.25, 0.3) is 0 Å². The van der Waals surface area contributed by atoms with E-state index < -0.39 is 5.82 Å². The third kappa shape index (κ3) is 3.68. The van der Waals surface area contributed by atoms with Crippen molar-refractivity contribution < 1.29 is 9.18 Å². The SMILES string of the molecule is CC1CN(CC(=O)Nc2cc(F)ccc2N)CCN1C. The van der Waals surface area contributed by atoms with Gasteiger partial charge in [0.15, 0.2) is 0 Å². The van der Waals surface area contributed by atoms with Crippen LogP contribution in [0, 0.1) is 5.82 Å². The van der Waals surface area contributed by atoms with Crippen molar-refractivity contribution in [3.63, 3.8) is 0 Å². The average molecular weight is 280 g/mol. The second-order valence-electron chi connectivity index (χ2n) is 5.34. The fourth-order valence-corrected chi connectivity index (χ4v) is 2.30. The van der Waals surface area contributed by atoms with Gasteiger partial charge in [0.1, 0.15) is 5.82 Å². The fraction of sp³-hybridized carbons (Fsp3) is 0.500. The Morgan fingerprint density at radius 1 is 1.50 bits per heavy atom. The molecule has 1 aromatic carbocycles. The summed E-state index contributed by atoms with van der Waals surface area (Å²) in [5, 5.41) is 2.67. The molecule has 5 nitrogen and oxygen atoms in total. The van der Waals surface area contributed by atoms with Crippen LogP contribution < -0.4 is 11.1 Å². The van der Waals surface area contributed by atoms with Crippen LogP contribution in [0.2, 0.25) is 0 Å². The molecule has 1 amide bonds. The predicted octanol–water partition coefficient (Wildman–Crippen LogP) is 0.982. The van der Waals surface area contributed by atoms with E-state index in [1.54, 1.807) is 0 Å². The number of nitrogens with zero attached hydrogens (tertiary/aromatic N) is 2. The van der Waals surface area contributed by atoms with Crippen LogP contribution in [0.4, 0.5) is 15.8 Å². The first-order chi connectivity index (χ1) is 9.45. The summed E-state index contributed by atoms with van der Waals surface area (Å²) in [5.41, 5.74) is 6.41. The first-order valence-corrected chi connectivity index (χ1v) is 6.73. The van der Waals surface area contributed by atoms with Gasteiger partial charge >= 0.3 is 0 Å². The lowest BCUT2D eigenvalue weighted by Gasteiger charge is -2.37. The van der Waals surface area contributed by atoms with Crippen molar-refractivity contribution in [3.05, 3.63) is 24.0 Å². The molecule has 1 atom stereocenters. The van der Waals surface area contributed by atoms with Gasteiger partial charge in [0.25, 0.3) is 0 Å². The lowest BCUT2D eigenvalue weighted by atomic mass is 10.2. The zero-order valence-corrected chi connectivity index (χ0v) is 11.9. The average Bonchev–Trinajstić information content (AvgIpc) is 2.38. The summed E-state index contributed by atoms with van der Waals surface area (Å²) >= 11 is 0. The molecule has 0 aromatic heterocycles. The second kappa shape index (κ2) is 6.19. The van der Waals surface area contributed by atoms with Gasteiger partial charge in [0, 0.05) is 25.7 Å². The number of piperazine rings is 1. The van der Waals surface area contributed by atoms with E-state index in [1.807, 2.05) is 0 Å². The Balaban J connectivity index is 1.91. The molecule has 6 heteroatoms. The van der Waals surface area contributed by atoms with Gasteiger partial charge in [-0.15, -0.1) is 0 Å². The van der Waals surface area contributed by atoms with Gasteiger partial charge in [-0.2, -0.15) is 0 Å². The molecule has 2 rings (SSSR count). The fourth-order valence-electron chi connectivity index (χ4n) is 2.30. The quantitative estimate of drug-likeness (QED) is 0.810. The number of nitrogens with two attached hydrogens (primary N) is 1. The van der Waals surface area contributed by atoms with E-state index in [4.69, 9.17) is 5.73 Å². The van der Waals surface area contributed by atoms with Crippen LogP contribution in [-0.2, 0) is 4.79 Å². The number of rotatable bonds is 3. The highest BCUT2D eigenvalue weighted by molar-refractivity contribution is 5.95. The number of nitrogens with one attached hydrogen (secondary N) is 1. The van der Waals surface area contributed by atoms with Crippen LogP contribution in [0.5, 0.6) is 0 Å². The molecule has 0 radical (unpaired) electrons. The molecule has 0 aliphatic carbocycles. The Morgan fingerprint density at radius 3 is 2.95 bits per heavy atom. The van der Waals surface area contributed by atoms with Crippen molar-refractivity contribution in [2.24, 2.45) is 0 Å². The van der Waals surface area contributed by atoms with Gasteiger partial charge in [0.2, 0.25) is 5.91 Å². The lowest BCUT2D eigenvalue weighted by Crippen LogP contribution is -2.51. The molecular formula is C14H21FN4O. The summed E-state index contributed by atoms with van der Waals surface area (Å²) in [6, 6.07) is 4.38. The first kappa shape index (κ1) is 14.7. The van der Waals surface area contributed by atoms with E-state index in [-0.39, 0.29) is 5.91 Å². The molecule has 20 heavy (non-hydrogen) atoms. The summed E-state index contributed by atoms with van der Waals surface area (Å²) in [6.07, 6.45) is 0. The van der Waals surface area contributed by atoms with E-state index in [1.165, 1.54) is 18.2 Å². The van der Waals surface area contributed by atoms with Gasteiger partial charge in [-0.3, -0.25) is 9.69 Å². The maximum Gasteiger partial charge on any atom is 0.238 e. The number of hydrogen-bond acceptors (Lipinski definition) is 4. The first-order valence-electron chi connectivity index (χ1n) is 6.73. The number of amides is 1. The molecule has 1 heterocycles. The van der Waals surface area contributed by atoms with Crippen molar-refractivity contribution in [1.29, 1.82) is 0 Å². The lowest BCUT2D eigenvalue weighted by molar-refractivity contribution is -0.117. The van der Waals surface area contributed by atoms with Crippen molar-refractivity contribution in [1.82, 2.24) is 9.80 Å². The van der Waals surface area contributed by atoms with E-state index in [0.717, 1.165) is 19.6 Å². The van der Waals surface area contributed by atoms with Crippen molar-refractivity contribution >= 4 is 17.3 Å². The van der Waals surface area contributed by atoms with E-state index >= 15 is 0 Å². The summed E-state index contributed by atoms with van der Waals surface area (Å²) in [7, 11) is 2.08. The number of carbonyl (C=O) groups excluding carboxylic acids is 1. The van der Waals surface area contributed by atoms with Crippen LogP contribution in [0.1, 0.15) is 6.92 Å². The highest BCUT2D eigenvalue weighted by atomic mass is 19.1. The molecule has 1 aliphatic heterocycles. The van der Waals surface area contributed by atoms with Crippen molar-refractivity contribution in [2.45, 2.75) is 13.0 Å². The van der Waals surface area contributed by atoms with Gasteiger partial charge in [-0.25, -0.2) is 4.39 Å². The summed E-state index contributed by atoms with van der Waals surface area (Å²) in [5.74, 6) is -0.582. The Kier molecular flexibility index (Phi) is 4.57. The number of anilines is 2. The largest absolute Gasteiger partial charge is 0.397 e. The maximum absolute atomic E-state index is 13.1. The topological polar surface area (TPSA) is 61.6 Å². The standard InChI is InChI=1S/C14H21FN4O/c1-10-8-19(6-5-18(10)2)9-14(20)17-13-7-11(15)3-4-12(13)16/h3-4,7,10H,5-6,8-9,16H2,1-2H3,(H,17,20). The number of nitrogen functional groups attached to an aromatic ring is 1. The highest BCUT2D eigenvalue weighted by Crippen LogP contribution is 2.19. The molecule has 1 fully saturated rings. The molecule has 0 saturated carbocycles. The molecule has 0 spiro atoms. The summed E-state index contributed by atoms with van der Waals surface area (Å²) < 4.78 is 13.1. The van der Waals surface area contributed by atoms with Gasteiger partial charge < -0.3 is 16.0 Å². The number of benzene rings is 1. The van der Waals surface area contributed by atoms with Crippen LogP contribution in [0.3, 0.4) is 0 Å². The van der Waals surface area contributed by atoms with Crippen LogP contribution >= 0.6 is 0 Å². The molecule has 1 aliphatic rings. The third-order valence-electron chi connectivity index (χ3n) is 3.70. The van der Waals surface area contributed by atoms with E-state index in [2.05, 4.69) is 29.1 Å². The third-order valence-corrected chi connectivity index (χ3v) is 3.70. The minimum absolute atomic E-state index is 0.168. The minimum Gasteiger partial charge on any atom is -0.397 e. The molecule has 110 valence electrons. The number of halogens is 1. The minimum atomic E-state index is -0.414. The Hall–Kier alpha value is -1.66. The number of carbonyl (C=O) groups is 1. The Morgan fingerprint density at radius 2 is 2.25 bits per heavy atom. The smallest absolute Gasteiger partial charge is 0.238 e. The zero-order chi connectivity index (χ0) is 14.7. The monoisotopic (exact) mass is 280 g/mol. The molecule has 3 N–H and O–H groups in total. The summed E-state index contributed by atoms with van der Waals surface area (Å²) in [6.45, 7) is 5.08. The van der Waals surface area contributed by atoms with Gasteiger partial charge in [0.05, 0.1) is 17.9 Å². The predicted molar refractivity (Wildman–Crippen MR) is 78.0 cm³/mol. The van der Waals surface area contributed by atoms with E-state index in [9.17, 15) is 9.18 Å². The van der Waals surface area contributed by atoms with Gasteiger partial charge in [-0.1, -0.05) is 0 Å². The normalized spacial score (nSPS) is 20.9.